The van der Waals surface area contributed by atoms with Crippen molar-refractivity contribution >= 4 is 59.3 Å². The Morgan fingerprint density at radius 1 is 1.48 bits per heavy atom. The predicted octanol–water partition coefficient (Wildman–Crippen LogP) is -1.43. The van der Waals surface area contributed by atoms with Crippen LogP contribution in [0.3, 0.4) is 0 Å². The first kappa shape index (κ1) is 21.8. The summed E-state index contributed by atoms with van der Waals surface area (Å²) in [5, 5.41) is 21.3. The first-order valence-electron chi connectivity index (χ1n) is 8.26. The molecule has 1 unspecified atom stereocenters. The van der Waals surface area contributed by atoms with E-state index in [1.54, 1.807) is 7.05 Å². The van der Waals surface area contributed by atoms with Gasteiger partial charge in [-0.3, -0.25) is 14.6 Å². The van der Waals surface area contributed by atoms with E-state index in [-0.39, 0.29) is 54.3 Å². The number of amides is 2. The van der Waals surface area contributed by atoms with Crippen molar-refractivity contribution in [3.8, 4) is 0 Å². The number of carboxylic acids is 1. The Kier molecular flexibility index (Phi) is 6.33. The number of aryl methyl sites for hydroxylation is 1. The number of carbonyl (C=O) groups excluding carboxylic acids is 2. The van der Waals surface area contributed by atoms with Gasteiger partial charge in [-0.15, -0.1) is 5.10 Å². The number of carbonyl (C=O) groups is 3. The van der Waals surface area contributed by atoms with E-state index >= 15 is 0 Å². The van der Waals surface area contributed by atoms with Crippen LogP contribution in [-0.4, -0.2) is 120 Å². The number of tetrazole rings is 1. The van der Waals surface area contributed by atoms with E-state index in [0.717, 1.165) is 0 Å². The number of ether oxygens (including phenoxy) is 2. The normalized spacial score (nSPS) is 24.6. The molecule has 0 saturated carbocycles. The van der Waals surface area contributed by atoms with Crippen LogP contribution >= 0.6 is 11.8 Å². The molecule has 1 aromatic rings. The SMILES string of the molecule is C=CCOC(=O)N1COC2C(CSc3nnnn3C)=C(C(=O)O)N3C(=O)[C@@H]1[C@@H]23.[NaH]. The predicted molar refractivity (Wildman–Crippen MR) is 98.9 cm³/mol. The zero-order valence-corrected chi connectivity index (χ0v) is 15.5. The van der Waals surface area contributed by atoms with E-state index in [2.05, 4.69) is 22.1 Å². The summed E-state index contributed by atoms with van der Waals surface area (Å²) >= 11 is 1.24. The van der Waals surface area contributed by atoms with Crippen LogP contribution in [0.2, 0.25) is 0 Å². The van der Waals surface area contributed by atoms with Gasteiger partial charge in [-0.25, -0.2) is 14.3 Å². The van der Waals surface area contributed by atoms with Gasteiger partial charge in [-0.1, -0.05) is 24.4 Å². The third kappa shape index (κ3) is 3.46. The average Bonchev–Trinajstić information content (AvgIpc) is 3.22. The molecule has 0 spiro atoms. The molecule has 2 amide bonds. The van der Waals surface area contributed by atoms with Crippen LogP contribution in [0.5, 0.6) is 0 Å². The second-order valence-corrected chi connectivity index (χ2v) is 7.19. The van der Waals surface area contributed by atoms with Gasteiger partial charge >= 0.3 is 41.6 Å². The molecule has 4 heterocycles. The van der Waals surface area contributed by atoms with Gasteiger partial charge in [0.05, 0.1) is 6.04 Å². The number of carboxylic acid groups (broad SMARTS) is 1. The minimum absolute atomic E-state index is 0. The van der Waals surface area contributed by atoms with E-state index < -0.39 is 36.2 Å². The van der Waals surface area contributed by atoms with E-state index in [0.29, 0.717) is 10.7 Å². The fraction of sp³-hybridized carbons (Fsp3) is 0.467. The Morgan fingerprint density at radius 3 is 2.86 bits per heavy atom. The molecule has 3 aliphatic rings. The van der Waals surface area contributed by atoms with Crippen molar-refractivity contribution in [3.63, 3.8) is 0 Å². The van der Waals surface area contributed by atoms with Gasteiger partial charge < -0.3 is 14.6 Å². The zero-order valence-electron chi connectivity index (χ0n) is 14.7. The van der Waals surface area contributed by atoms with Crippen LogP contribution in [-0.2, 0) is 26.1 Å². The average molecular weight is 432 g/mol. The topological polar surface area (TPSA) is 140 Å². The third-order valence-corrected chi connectivity index (χ3v) is 5.80. The number of rotatable bonds is 6. The fourth-order valence-electron chi connectivity index (χ4n) is 3.56. The number of nitrogens with zero attached hydrogens (tertiary/aromatic N) is 6. The Labute approximate surface area is 191 Å². The molecule has 1 aromatic heterocycles. The molecule has 12 nitrogen and oxygen atoms in total. The number of thioether (sulfide) groups is 1. The third-order valence-electron chi connectivity index (χ3n) is 4.74. The van der Waals surface area contributed by atoms with Crippen LogP contribution in [0.4, 0.5) is 4.79 Å². The molecule has 2 saturated heterocycles. The maximum atomic E-state index is 12.6. The molecule has 4 rings (SSSR count). The van der Waals surface area contributed by atoms with Gasteiger partial charge in [0.15, 0.2) is 0 Å². The summed E-state index contributed by atoms with van der Waals surface area (Å²) in [4.78, 5) is 39.0. The van der Waals surface area contributed by atoms with Crippen LogP contribution < -0.4 is 0 Å². The number of hydrogen-bond acceptors (Lipinski definition) is 9. The van der Waals surface area contributed by atoms with Gasteiger partial charge in [0.25, 0.3) is 5.91 Å². The second kappa shape index (κ2) is 8.44. The molecule has 14 heteroatoms. The summed E-state index contributed by atoms with van der Waals surface area (Å²) < 4.78 is 12.2. The number of hydrogen-bond donors (Lipinski definition) is 1. The Morgan fingerprint density at radius 2 is 2.24 bits per heavy atom. The zero-order chi connectivity index (χ0) is 20.0. The van der Waals surface area contributed by atoms with Gasteiger partial charge in [0.1, 0.15) is 31.2 Å². The van der Waals surface area contributed by atoms with Crippen molar-refractivity contribution in [1.82, 2.24) is 30.0 Å². The van der Waals surface area contributed by atoms with Gasteiger partial charge in [-0.05, 0) is 10.4 Å². The summed E-state index contributed by atoms with van der Waals surface area (Å²) in [6, 6.07) is -1.40. The molecular formula is C15H17N6NaO6S. The molecular weight excluding hydrogens is 415 g/mol. The summed E-state index contributed by atoms with van der Waals surface area (Å²) in [7, 11) is 1.67. The first-order valence-corrected chi connectivity index (χ1v) is 9.24. The van der Waals surface area contributed by atoms with Crippen molar-refractivity contribution in [2.45, 2.75) is 23.3 Å². The molecule has 1 N–H and O–H groups in total. The molecule has 0 radical (unpaired) electrons. The first-order chi connectivity index (χ1) is 13.5. The molecule has 3 aliphatic heterocycles. The molecule has 150 valence electrons. The number of aromatic nitrogens is 4. The van der Waals surface area contributed by atoms with Crippen molar-refractivity contribution < 1.29 is 29.0 Å². The molecule has 0 bridgehead atoms. The van der Waals surface area contributed by atoms with E-state index in [1.165, 1.54) is 32.3 Å². The van der Waals surface area contributed by atoms with Crippen LogP contribution in [0.15, 0.2) is 29.1 Å². The van der Waals surface area contributed by atoms with E-state index in [4.69, 9.17) is 9.47 Å². The monoisotopic (exact) mass is 432 g/mol. The fourth-order valence-corrected chi connectivity index (χ4v) is 4.47. The van der Waals surface area contributed by atoms with Crippen LogP contribution in [0.1, 0.15) is 0 Å². The van der Waals surface area contributed by atoms with Gasteiger partial charge in [0.2, 0.25) is 5.16 Å². The Hall–Kier alpha value is -1.93. The van der Waals surface area contributed by atoms with Crippen LogP contribution in [0, 0.1) is 0 Å². The number of aliphatic carboxylic acids is 1. The second-order valence-electron chi connectivity index (χ2n) is 6.25. The number of β-lactam (4-membered cyclic amide) rings is 1. The standard InChI is InChI=1S/C15H16N6O6S.Na.H/c1-3-4-26-15(25)20-6-27-11-7(5-28-14-16-17-18-19(14)2)8(13(23)24)21-9(11)10(20)12(21)22;;/h3,9-11H,1,4-6H2,2H3,(H,23,24);;/t9-,10-,11?;;/m0../s1. The van der Waals surface area contributed by atoms with E-state index in [9.17, 15) is 19.5 Å². The van der Waals surface area contributed by atoms with Crippen molar-refractivity contribution in [3.05, 3.63) is 23.9 Å². The molecule has 2 fully saturated rings. The summed E-state index contributed by atoms with van der Waals surface area (Å²) in [5.74, 6) is -1.46. The van der Waals surface area contributed by atoms with Crippen molar-refractivity contribution in [2.75, 3.05) is 19.1 Å². The minimum atomic E-state index is -1.22. The van der Waals surface area contributed by atoms with Crippen molar-refractivity contribution in [2.24, 2.45) is 7.05 Å². The molecule has 0 aliphatic carbocycles. The Bertz CT molecular complexity index is 906. The maximum absolute atomic E-state index is 12.6. The van der Waals surface area contributed by atoms with Gasteiger partial charge in [0, 0.05) is 18.4 Å². The summed E-state index contributed by atoms with van der Waals surface area (Å²) in [5.41, 5.74) is 0.348. The quantitative estimate of drug-likeness (QED) is 0.246. The van der Waals surface area contributed by atoms with Crippen LogP contribution in [0.25, 0.3) is 0 Å². The molecule has 29 heavy (non-hydrogen) atoms. The summed E-state index contributed by atoms with van der Waals surface area (Å²) in [6.45, 7) is 3.30. The molecule has 3 atom stereocenters. The van der Waals surface area contributed by atoms with Gasteiger partial charge in [-0.2, -0.15) is 0 Å². The Balaban J connectivity index is 0.00000240. The van der Waals surface area contributed by atoms with Crippen molar-refractivity contribution in [1.29, 1.82) is 0 Å². The summed E-state index contributed by atoms with van der Waals surface area (Å²) in [6.07, 6.45) is 0.0867. The molecule has 0 aromatic carbocycles. The van der Waals surface area contributed by atoms with E-state index in [1.807, 2.05) is 0 Å².